The van der Waals surface area contributed by atoms with E-state index in [9.17, 15) is 9.59 Å². The highest BCUT2D eigenvalue weighted by Gasteiger charge is 2.31. The minimum atomic E-state index is -0.873. The summed E-state index contributed by atoms with van der Waals surface area (Å²) >= 11 is 0. The molecule has 1 N–H and O–H groups in total. The van der Waals surface area contributed by atoms with E-state index in [0.29, 0.717) is 32.1 Å². The number of carboxylic acids is 1. The van der Waals surface area contributed by atoms with Crippen molar-refractivity contribution < 1.29 is 19.4 Å². The number of hydrogen-bond acceptors (Lipinski definition) is 3. The van der Waals surface area contributed by atoms with E-state index < -0.39 is 5.97 Å². The highest BCUT2D eigenvalue weighted by molar-refractivity contribution is 5.78. The van der Waals surface area contributed by atoms with Crippen molar-refractivity contribution in [1.82, 2.24) is 4.90 Å². The molecule has 1 amide bonds. The molecule has 2 rings (SSSR count). The first-order valence-corrected chi connectivity index (χ1v) is 6.26. The fourth-order valence-electron chi connectivity index (χ4n) is 2.41. The van der Waals surface area contributed by atoms with Crippen molar-refractivity contribution >= 4 is 11.9 Å². The lowest BCUT2D eigenvalue weighted by Crippen LogP contribution is -2.50. The van der Waals surface area contributed by atoms with E-state index in [0.717, 1.165) is 12.8 Å². The molecule has 96 valence electrons. The molecule has 5 nitrogen and oxygen atoms in total. The average Bonchev–Trinajstić information content (AvgIpc) is 2.23. The summed E-state index contributed by atoms with van der Waals surface area (Å²) in [5.41, 5.74) is 0. The summed E-state index contributed by atoms with van der Waals surface area (Å²) < 4.78 is 5.25. The molecule has 17 heavy (non-hydrogen) atoms. The van der Waals surface area contributed by atoms with Crippen LogP contribution in [0.15, 0.2) is 0 Å². The molecule has 0 radical (unpaired) electrons. The van der Waals surface area contributed by atoms with Crippen LogP contribution >= 0.6 is 0 Å². The minimum absolute atomic E-state index is 0.0175. The SMILES string of the molecule is O=C(O)CC1COCCN1C(=O)CC1CCC1. The normalized spacial score (nSPS) is 25.4. The van der Waals surface area contributed by atoms with Crippen molar-refractivity contribution in [1.29, 1.82) is 0 Å². The molecule has 1 saturated carbocycles. The summed E-state index contributed by atoms with van der Waals surface area (Å²) in [7, 11) is 0. The Morgan fingerprint density at radius 2 is 2.06 bits per heavy atom. The third kappa shape index (κ3) is 3.19. The number of carboxylic acid groups (broad SMARTS) is 1. The van der Waals surface area contributed by atoms with Crippen LogP contribution in [0.5, 0.6) is 0 Å². The van der Waals surface area contributed by atoms with Gasteiger partial charge < -0.3 is 14.7 Å². The highest BCUT2D eigenvalue weighted by atomic mass is 16.5. The summed E-state index contributed by atoms with van der Waals surface area (Å²) in [6, 6.07) is -0.283. The highest BCUT2D eigenvalue weighted by Crippen LogP contribution is 2.30. The molecule has 0 bridgehead atoms. The van der Waals surface area contributed by atoms with Crippen LogP contribution in [0.3, 0.4) is 0 Å². The number of morpholine rings is 1. The number of aliphatic carboxylic acids is 1. The predicted molar refractivity (Wildman–Crippen MR) is 60.5 cm³/mol. The quantitative estimate of drug-likeness (QED) is 0.793. The lowest BCUT2D eigenvalue weighted by atomic mass is 9.82. The van der Waals surface area contributed by atoms with E-state index in [1.54, 1.807) is 4.90 Å². The second kappa shape index (κ2) is 5.49. The van der Waals surface area contributed by atoms with Gasteiger partial charge in [0.2, 0.25) is 5.91 Å². The van der Waals surface area contributed by atoms with Gasteiger partial charge in [-0.1, -0.05) is 6.42 Å². The molecule has 1 aliphatic heterocycles. The summed E-state index contributed by atoms with van der Waals surface area (Å²) in [5, 5.41) is 8.81. The van der Waals surface area contributed by atoms with E-state index in [1.807, 2.05) is 0 Å². The standard InChI is InChI=1S/C12H19NO4/c14-11(6-9-2-1-3-9)13-4-5-17-8-10(13)7-12(15)16/h9-10H,1-8H2,(H,15,16). The Labute approximate surface area is 101 Å². The molecule has 1 aliphatic carbocycles. The van der Waals surface area contributed by atoms with E-state index in [-0.39, 0.29) is 18.4 Å². The monoisotopic (exact) mass is 241 g/mol. The number of carbonyl (C=O) groups is 2. The Hall–Kier alpha value is -1.10. The fourth-order valence-corrected chi connectivity index (χ4v) is 2.41. The molecule has 1 unspecified atom stereocenters. The van der Waals surface area contributed by atoms with Gasteiger partial charge in [0.1, 0.15) is 0 Å². The first-order valence-electron chi connectivity index (χ1n) is 6.26. The van der Waals surface area contributed by atoms with Crippen molar-refractivity contribution in [2.24, 2.45) is 5.92 Å². The minimum Gasteiger partial charge on any atom is -0.481 e. The number of hydrogen-bond donors (Lipinski definition) is 1. The maximum Gasteiger partial charge on any atom is 0.305 e. The van der Waals surface area contributed by atoms with Crippen LogP contribution < -0.4 is 0 Å². The lowest BCUT2D eigenvalue weighted by molar-refractivity contribution is -0.147. The van der Waals surface area contributed by atoms with Crippen LogP contribution in [0, 0.1) is 5.92 Å². The van der Waals surface area contributed by atoms with Gasteiger partial charge >= 0.3 is 5.97 Å². The smallest absolute Gasteiger partial charge is 0.305 e. The zero-order chi connectivity index (χ0) is 12.3. The van der Waals surface area contributed by atoms with Crippen molar-refractivity contribution in [3.05, 3.63) is 0 Å². The van der Waals surface area contributed by atoms with Crippen molar-refractivity contribution in [2.75, 3.05) is 19.8 Å². The molecule has 2 fully saturated rings. The molecule has 0 spiro atoms. The average molecular weight is 241 g/mol. The van der Waals surface area contributed by atoms with Gasteiger partial charge in [-0.25, -0.2) is 0 Å². The molecule has 1 heterocycles. The van der Waals surface area contributed by atoms with Crippen LogP contribution in [0.4, 0.5) is 0 Å². The van der Waals surface area contributed by atoms with Gasteiger partial charge in [0.05, 0.1) is 25.7 Å². The van der Waals surface area contributed by atoms with Crippen molar-refractivity contribution in [3.8, 4) is 0 Å². The summed E-state index contributed by atoms with van der Waals surface area (Å²) in [6.45, 7) is 1.40. The van der Waals surface area contributed by atoms with Crippen LogP contribution in [-0.4, -0.2) is 47.7 Å². The Morgan fingerprint density at radius 3 is 2.65 bits per heavy atom. The third-order valence-electron chi connectivity index (χ3n) is 3.65. The third-order valence-corrected chi connectivity index (χ3v) is 3.65. The lowest BCUT2D eigenvalue weighted by Gasteiger charge is -2.36. The van der Waals surface area contributed by atoms with E-state index in [4.69, 9.17) is 9.84 Å². The molecule has 1 saturated heterocycles. The maximum absolute atomic E-state index is 12.1. The van der Waals surface area contributed by atoms with Crippen LogP contribution in [0.25, 0.3) is 0 Å². The molecular formula is C12H19NO4. The van der Waals surface area contributed by atoms with Gasteiger partial charge in [-0.2, -0.15) is 0 Å². The first-order chi connectivity index (χ1) is 8.16. The van der Waals surface area contributed by atoms with Crippen LogP contribution in [-0.2, 0) is 14.3 Å². The van der Waals surface area contributed by atoms with Gasteiger partial charge in [-0.15, -0.1) is 0 Å². The van der Waals surface area contributed by atoms with E-state index in [1.165, 1.54) is 6.42 Å². The molecule has 5 heteroatoms. The van der Waals surface area contributed by atoms with Gasteiger partial charge in [-0.3, -0.25) is 9.59 Å². The Balaban J connectivity index is 1.89. The Bertz CT molecular complexity index is 301. The predicted octanol–water partition coefficient (Wildman–Crippen LogP) is 0.879. The number of nitrogens with zero attached hydrogens (tertiary/aromatic N) is 1. The summed E-state index contributed by atoms with van der Waals surface area (Å²) in [4.78, 5) is 24.5. The molecule has 0 aromatic carbocycles. The maximum atomic E-state index is 12.1. The van der Waals surface area contributed by atoms with Gasteiger partial charge in [0.25, 0.3) is 0 Å². The van der Waals surface area contributed by atoms with Crippen molar-refractivity contribution in [2.45, 2.75) is 38.1 Å². The van der Waals surface area contributed by atoms with Gasteiger partial charge in [0, 0.05) is 13.0 Å². The number of carbonyl (C=O) groups excluding carboxylic acids is 1. The van der Waals surface area contributed by atoms with E-state index in [2.05, 4.69) is 0 Å². The van der Waals surface area contributed by atoms with Crippen LogP contribution in [0.1, 0.15) is 32.1 Å². The van der Waals surface area contributed by atoms with E-state index >= 15 is 0 Å². The number of rotatable bonds is 4. The molecule has 0 aromatic heterocycles. The molecule has 0 aromatic rings. The van der Waals surface area contributed by atoms with Crippen LogP contribution in [0.2, 0.25) is 0 Å². The second-order valence-electron chi connectivity index (χ2n) is 4.91. The van der Waals surface area contributed by atoms with Gasteiger partial charge in [-0.05, 0) is 18.8 Å². The molecule has 2 aliphatic rings. The van der Waals surface area contributed by atoms with Gasteiger partial charge in [0.15, 0.2) is 0 Å². The summed E-state index contributed by atoms with van der Waals surface area (Å²) in [6.07, 6.45) is 4.06. The largest absolute Gasteiger partial charge is 0.481 e. The topological polar surface area (TPSA) is 66.8 Å². The summed E-state index contributed by atoms with van der Waals surface area (Å²) in [5.74, 6) is -0.248. The Kier molecular flexibility index (Phi) is 3.99. The number of ether oxygens (including phenoxy) is 1. The zero-order valence-electron chi connectivity index (χ0n) is 9.93. The van der Waals surface area contributed by atoms with Crippen molar-refractivity contribution in [3.63, 3.8) is 0 Å². The Morgan fingerprint density at radius 1 is 1.29 bits per heavy atom. The second-order valence-corrected chi connectivity index (χ2v) is 4.91. The number of amides is 1. The fraction of sp³-hybridized carbons (Fsp3) is 0.833. The zero-order valence-corrected chi connectivity index (χ0v) is 9.93. The molecular weight excluding hydrogens is 222 g/mol. The first kappa shape index (κ1) is 12.4. The molecule has 1 atom stereocenters.